The highest BCUT2D eigenvalue weighted by molar-refractivity contribution is 9.10. The van der Waals surface area contributed by atoms with E-state index in [1.807, 2.05) is 6.92 Å². The van der Waals surface area contributed by atoms with Crippen LogP contribution in [0.1, 0.15) is 20.9 Å². The minimum Gasteiger partial charge on any atom is -0.336 e. The zero-order valence-corrected chi connectivity index (χ0v) is 13.2. The standard InChI is InChI=1S/C13H11BrF2N2OS/c1-7-11(20-6-17-7)5-18(2)13(19)12-9(15)3-8(14)4-10(12)16/h3-4,6H,5H2,1-2H3. The lowest BCUT2D eigenvalue weighted by molar-refractivity contribution is 0.0776. The third kappa shape index (κ3) is 3.04. The third-order valence-corrected chi connectivity index (χ3v) is 4.17. The van der Waals surface area contributed by atoms with Crippen molar-refractivity contribution in [3.05, 3.63) is 49.9 Å². The van der Waals surface area contributed by atoms with E-state index in [1.165, 1.54) is 23.3 Å². The van der Waals surface area contributed by atoms with Crippen molar-refractivity contribution in [2.75, 3.05) is 7.05 Å². The Morgan fingerprint density at radius 2 is 2.00 bits per heavy atom. The number of nitrogens with zero attached hydrogens (tertiary/aromatic N) is 2. The lowest BCUT2D eigenvalue weighted by Crippen LogP contribution is -2.28. The molecular weight excluding hydrogens is 350 g/mol. The topological polar surface area (TPSA) is 33.2 Å². The van der Waals surface area contributed by atoms with Gasteiger partial charge in [0.1, 0.15) is 17.2 Å². The lowest BCUT2D eigenvalue weighted by Gasteiger charge is -2.17. The van der Waals surface area contributed by atoms with Gasteiger partial charge in [-0.25, -0.2) is 13.8 Å². The molecule has 0 N–H and O–H groups in total. The smallest absolute Gasteiger partial charge is 0.259 e. The van der Waals surface area contributed by atoms with E-state index < -0.39 is 23.1 Å². The van der Waals surface area contributed by atoms with Crippen molar-refractivity contribution in [2.24, 2.45) is 0 Å². The molecular formula is C13H11BrF2N2OS. The van der Waals surface area contributed by atoms with Crippen LogP contribution in [0.4, 0.5) is 8.78 Å². The van der Waals surface area contributed by atoms with Crippen molar-refractivity contribution >= 4 is 33.2 Å². The molecule has 20 heavy (non-hydrogen) atoms. The summed E-state index contributed by atoms with van der Waals surface area (Å²) >= 11 is 4.38. The Kier molecular flexibility index (Phi) is 4.49. The summed E-state index contributed by atoms with van der Waals surface area (Å²) in [6, 6.07) is 2.14. The van der Waals surface area contributed by atoms with Crippen molar-refractivity contribution in [3.63, 3.8) is 0 Å². The zero-order chi connectivity index (χ0) is 14.9. The predicted octanol–water partition coefficient (Wildman–Crippen LogP) is 3.76. The average Bonchev–Trinajstić information content (AvgIpc) is 2.73. The van der Waals surface area contributed by atoms with Crippen LogP contribution in [0.15, 0.2) is 22.1 Å². The third-order valence-electron chi connectivity index (χ3n) is 2.79. The zero-order valence-electron chi connectivity index (χ0n) is 10.8. The molecule has 3 nitrogen and oxygen atoms in total. The molecule has 2 aromatic rings. The number of aromatic nitrogens is 1. The molecule has 0 spiro atoms. The molecule has 0 aliphatic heterocycles. The van der Waals surface area contributed by atoms with Gasteiger partial charge >= 0.3 is 0 Å². The Hall–Kier alpha value is -1.34. The van der Waals surface area contributed by atoms with Crippen molar-refractivity contribution < 1.29 is 13.6 Å². The molecule has 0 saturated heterocycles. The van der Waals surface area contributed by atoms with Gasteiger partial charge in [-0.1, -0.05) is 15.9 Å². The Balaban J connectivity index is 2.25. The second kappa shape index (κ2) is 5.97. The van der Waals surface area contributed by atoms with Crippen LogP contribution in [-0.4, -0.2) is 22.8 Å². The molecule has 1 amide bonds. The van der Waals surface area contributed by atoms with E-state index in [1.54, 1.807) is 5.51 Å². The van der Waals surface area contributed by atoms with Crippen LogP contribution in [0, 0.1) is 18.6 Å². The number of hydrogen-bond acceptors (Lipinski definition) is 3. The predicted molar refractivity (Wildman–Crippen MR) is 76.7 cm³/mol. The summed E-state index contributed by atoms with van der Waals surface area (Å²) in [7, 11) is 1.50. The van der Waals surface area contributed by atoms with Gasteiger partial charge in [0.2, 0.25) is 0 Å². The molecule has 0 unspecified atom stereocenters. The van der Waals surface area contributed by atoms with E-state index in [0.717, 1.165) is 22.7 Å². The molecule has 1 heterocycles. The molecule has 1 aromatic heterocycles. The first kappa shape index (κ1) is 15.1. The van der Waals surface area contributed by atoms with Gasteiger partial charge in [0.25, 0.3) is 5.91 Å². The number of thiazole rings is 1. The Bertz CT molecular complexity index is 637. The molecule has 0 atom stereocenters. The minimum atomic E-state index is -0.880. The number of aryl methyl sites for hydroxylation is 1. The molecule has 106 valence electrons. The number of halogens is 3. The SMILES string of the molecule is Cc1ncsc1CN(C)C(=O)c1c(F)cc(Br)cc1F. The first-order valence-corrected chi connectivity index (χ1v) is 7.36. The summed E-state index contributed by atoms with van der Waals surface area (Å²) in [5.41, 5.74) is 1.94. The number of carbonyl (C=O) groups excluding carboxylic acids is 1. The van der Waals surface area contributed by atoms with Crippen molar-refractivity contribution in [1.82, 2.24) is 9.88 Å². The van der Waals surface area contributed by atoms with Crippen LogP contribution < -0.4 is 0 Å². The van der Waals surface area contributed by atoms with E-state index in [9.17, 15) is 13.6 Å². The Morgan fingerprint density at radius 1 is 1.40 bits per heavy atom. The van der Waals surface area contributed by atoms with Gasteiger partial charge in [-0.3, -0.25) is 4.79 Å². The largest absolute Gasteiger partial charge is 0.336 e. The molecule has 0 aliphatic carbocycles. The average molecular weight is 361 g/mol. The molecule has 7 heteroatoms. The van der Waals surface area contributed by atoms with Gasteiger partial charge in [-0.05, 0) is 19.1 Å². The summed E-state index contributed by atoms with van der Waals surface area (Å²) in [5, 5.41) is 0. The molecule has 0 saturated carbocycles. The molecule has 0 radical (unpaired) electrons. The highest BCUT2D eigenvalue weighted by Gasteiger charge is 2.22. The monoisotopic (exact) mass is 360 g/mol. The number of carbonyl (C=O) groups is 1. The van der Waals surface area contributed by atoms with Gasteiger partial charge < -0.3 is 4.90 Å². The summed E-state index contributed by atoms with van der Waals surface area (Å²) < 4.78 is 27.8. The number of amides is 1. The maximum atomic E-state index is 13.8. The van der Waals surface area contributed by atoms with Crippen molar-refractivity contribution in [1.29, 1.82) is 0 Å². The molecule has 2 rings (SSSR count). The molecule has 1 aromatic carbocycles. The van der Waals surface area contributed by atoms with E-state index in [-0.39, 0.29) is 11.0 Å². The van der Waals surface area contributed by atoms with E-state index in [2.05, 4.69) is 20.9 Å². The second-order valence-corrected chi connectivity index (χ2v) is 6.12. The van der Waals surface area contributed by atoms with Gasteiger partial charge in [-0.15, -0.1) is 11.3 Å². The molecule has 0 fully saturated rings. The normalized spacial score (nSPS) is 10.7. The fourth-order valence-corrected chi connectivity index (χ4v) is 2.93. The van der Waals surface area contributed by atoms with Crippen LogP contribution in [0.25, 0.3) is 0 Å². The van der Waals surface area contributed by atoms with E-state index in [4.69, 9.17) is 0 Å². The van der Waals surface area contributed by atoms with Gasteiger partial charge in [0.05, 0.1) is 17.7 Å². The van der Waals surface area contributed by atoms with Crippen molar-refractivity contribution in [3.8, 4) is 0 Å². The second-order valence-electron chi connectivity index (χ2n) is 4.27. The summed E-state index contributed by atoms with van der Waals surface area (Å²) in [6.45, 7) is 2.09. The summed E-state index contributed by atoms with van der Waals surface area (Å²) in [5.74, 6) is -2.45. The maximum Gasteiger partial charge on any atom is 0.259 e. The van der Waals surface area contributed by atoms with Gasteiger partial charge in [0.15, 0.2) is 0 Å². The molecule has 0 bridgehead atoms. The highest BCUT2D eigenvalue weighted by Crippen LogP contribution is 2.22. The first-order chi connectivity index (χ1) is 9.40. The van der Waals surface area contributed by atoms with E-state index in [0.29, 0.717) is 0 Å². The Labute approximate surface area is 127 Å². The summed E-state index contributed by atoms with van der Waals surface area (Å²) in [6.07, 6.45) is 0. The fourth-order valence-electron chi connectivity index (χ4n) is 1.70. The van der Waals surface area contributed by atoms with Crippen LogP contribution in [-0.2, 0) is 6.54 Å². The Morgan fingerprint density at radius 3 is 2.50 bits per heavy atom. The van der Waals surface area contributed by atoms with Crippen LogP contribution in [0.3, 0.4) is 0 Å². The number of hydrogen-bond donors (Lipinski definition) is 0. The molecule has 0 aliphatic rings. The fraction of sp³-hybridized carbons (Fsp3) is 0.231. The maximum absolute atomic E-state index is 13.8. The van der Waals surface area contributed by atoms with Crippen LogP contribution >= 0.6 is 27.3 Å². The van der Waals surface area contributed by atoms with Gasteiger partial charge in [0, 0.05) is 16.4 Å². The van der Waals surface area contributed by atoms with Crippen molar-refractivity contribution in [2.45, 2.75) is 13.5 Å². The number of benzene rings is 1. The number of rotatable bonds is 3. The lowest BCUT2D eigenvalue weighted by atomic mass is 10.1. The first-order valence-electron chi connectivity index (χ1n) is 5.69. The highest BCUT2D eigenvalue weighted by atomic mass is 79.9. The van der Waals surface area contributed by atoms with E-state index >= 15 is 0 Å². The minimum absolute atomic E-state index is 0.255. The van der Waals surface area contributed by atoms with Crippen LogP contribution in [0.5, 0.6) is 0 Å². The van der Waals surface area contributed by atoms with Gasteiger partial charge in [-0.2, -0.15) is 0 Å². The summed E-state index contributed by atoms with van der Waals surface area (Å²) in [4.78, 5) is 18.4. The van der Waals surface area contributed by atoms with Crippen LogP contribution in [0.2, 0.25) is 0 Å². The quantitative estimate of drug-likeness (QED) is 0.834.